The fourth-order valence-electron chi connectivity index (χ4n) is 2.28. The lowest BCUT2D eigenvalue weighted by atomic mass is 9.81. The highest BCUT2D eigenvalue weighted by molar-refractivity contribution is 5.35. The summed E-state index contributed by atoms with van der Waals surface area (Å²) in [7, 11) is 0. The summed E-state index contributed by atoms with van der Waals surface area (Å²) >= 11 is 0. The van der Waals surface area contributed by atoms with Gasteiger partial charge in [0.1, 0.15) is 0 Å². The molecule has 1 heteroatoms. The monoisotopic (exact) mass is 233 g/mol. The smallest absolute Gasteiger partial charge is 0.0320 e. The van der Waals surface area contributed by atoms with Crippen LogP contribution in [0.5, 0.6) is 0 Å². The molecule has 1 rings (SSSR count). The minimum absolute atomic E-state index is 0.220. The average molecular weight is 233 g/mol. The maximum absolute atomic E-state index is 3.65. The van der Waals surface area contributed by atoms with Gasteiger partial charge >= 0.3 is 0 Å². The van der Waals surface area contributed by atoms with Crippen LogP contribution in [0.15, 0.2) is 24.3 Å². The summed E-state index contributed by atoms with van der Waals surface area (Å²) in [4.78, 5) is 0. The second kappa shape index (κ2) is 6.20. The molecule has 96 valence electrons. The predicted molar refractivity (Wildman–Crippen MR) is 76.5 cm³/mol. The van der Waals surface area contributed by atoms with Gasteiger partial charge in [0.05, 0.1) is 0 Å². The van der Waals surface area contributed by atoms with Gasteiger partial charge in [0.15, 0.2) is 0 Å². The first-order chi connectivity index (χ1) is 8.00. The van der Waals surface area contributed by atoms with Crippen LogP contribution >= 0.6 is 0 Å². The quantitative estimate of drug-likeness (QED) is 0.793. The topological polar surface area (TPSA) is 12.0 Å². The van der Waals surface area contributed by atoms with Crippen LogP contribution in [0, 0.1) is 0 Å². The van der Waals surface area contributed by atoms with Gasteiger partial charge in [0.2, 0.25) is 0 Å². The number of rotatable bonds is 5. The molecule has 0 amide bonds. The predicted octanol–water partition coefficient (Wildman–Crippen LogP) is 4.43. The Bertz CT molecular complexity index is 336. The molecule has 1 aromatic carbocycles. The molecule has 1 atom stereocenters. The first-order valence-electron chi connectivity index (χ1n) is 6.83. The highest BCUT2D eigenvalue weighted by atomic mass is 14.9. The minimum Gasteiger partial charge on any atom is -0.310 e. The van der Waals surface area contributed by atoms with Gasteiger partial charge in [-0.3, -0.25) is 0 Å². The number of nitrogens with one attached hydrogen (secondary N) is 1. The number of hydrogen-bond donors (Lipinski definition) is 1. The highest BCUT2D eigenvalue weighted by Gasteiger charge is 2.21. The van der Waals surface area contributed by atoms with Crippen molar-refractivity contribution in [2.75, 3.05) is 6.54 Å². The van der Waals surface area contributed by atoms with Crippen molar-refractivity contribution >= 4 is 0 Å². The van der Waals surface area contributed by atoms with Gasteiger partial charge in [-0.25, -0.2) is 0 Å². The van der Waals surface area contributed by atoms with Crippen molar-refractivity contribution in [3.8, 4) is 0 Å². The molecule has 0 fully saturated rings. The normalized spacial score (nSPS) is 13.7. The highest BCUT2D eigenvalue weighted by Crippen LogP contribution is 2.30. The Kier molecular flexibility index (Phi) is 5.20. The molecule has 0 radical (unpaired) electrons. The average Bonchev–Trinajstić information content (AvgIpc) is 2.29. The Morgan fingerprint density at radius 2 is 1.76 bits per heavy atom. The van der Waals surface area contributed by atoms with Gasteiger partial charge in [-0.05, 0) is 35.9 Å². The van der Waals surface area contributed by atoms with Crippen molar-refractivity contribution in [1.29, 1.82) is 0 Å². The van der Waals surface area contributed by atoms with E-state index in [4.69, 9.17) is 0 Å². The molecular formula is C16H27N. The molecule has 0 spiro atoms. The molecule has 1 nitrogen and oxygen atoms in total. The Hall–Kier alpha value is -0.820. The lowest BCUT2D eigenvalue weighted by Crippen LogP contribution is -2.25. The van der Waals surface area contributed by atoms with Crippen LogP contribution in [0.25, 0.3) is 0 Å². The molecule has 0 aliphatic heterocycles. The summed E-state index contributed by atoms with van der Waals surface area (Å²) in [6.07, 6.45) is 2.33. The Morgan fingerprint density at radius 3 is 2.29 bits per heavy atom. The van der Waals surface area contributed by atoms with Gasteiger partial charge in [0.25, 0.3) is 0 Å². The van der Waals surface area contributed by atoms with E-state index in [1.54, 1.807) is 0 Å². The van der Waals surface area contributed by atoms with Crippen LogP contribution in [0.2, 0.25) is 0 Å². The van der Waals surface area contributed by atoms with Gasteiger partial charge in [-0.1, -0.05) is 58.9 Å². The first kappa shape index (κ1) is 14.2. The molecule has 1 N–H and O–H groups in total. The van der Waals surface area contributed by atoms with Crippen LogP contribution in [0.1, 0.15) is 64.6 Å². The maximum atomic E-state index is 3.65. The molecule has 0 saturated carbocycles. The minimum atomic E-state index is 0.220. The molecule has 0 aliphatic rings. The summed E-state index contributed by atoms with van der Waals surface area (Å²) in [6, 6.07) is 9.34. The van der Waals surface area contributed by atoms with Crippen molar-refractivity contribution in [2.45, 2.75) is 58.9 Å². The molecule has 0 bridgehead atoms. The van der Waals surface area contributed by atoms with Gasteiger partial charge < -0.3 is 5.32 Å². The standard InChI is InChI=1S/C16H27N/c1-6-12-17-15(7-2)13-10-8-9-11-14(13)16(3,4)5/h8-11,15,17H,6-7,12H2,1-5H3. The van der Waals surface area contributed by atoms with E-state index in [0.717, 1.165) is 13.0 Å². The Morgan fingerprint density at radius 1 is 1.12 bits per heavy atom. The summed E-state index contributed by atoms with van der Waals surface area (Å²) in [5, 5.41) is 3.65. The number of benzene rings is 1. The molecular weight excluding hydrogens is 206 g/mol. The third-order valence-corrected chi connectivity index (χ3v) is 3.19. The lowest BCUT2D eigenvalue weighted by Gasteiger charge is -2.27. The Labute approximate surface area is 107 Å². The SMILES string of the molecule is CCCNC(CC)c1ccccc1C(C)(C)C. The fraction of sp³-hybridized carbons (Fsp3) is 0.625. The van der Waals surface area contributed by atoms with E-state index in [-0.39, 0.29) is 5.41 Å². The molecule has 0 heterocycles. The first-order valence-corrected chi connectivity index (χ1v) is 6.83. The molecule has 0 aromatic heterocycles. The Balaban J connectivity index is 3.02. The van der Waals surface area contributed by atoms with E-state index in [1.807, 2.05) is 0 Å². The van der Waals surface area contributed by atoms with Gasteiger partial charge in [-0.15, -0.1) is 0 Å². The molecule has 17 heavy (non-hydrogen) atoms. The van der Waals surface area contributed by atoms with E-state index in [2.05, 4.69) is 64.2 Å². The van der Waals surface area contributed by atoms with E-state index < -0.39 is 0 Å². The largest absolute Gasteiger partial charge is 0.310 e. The van der Waals surface area contributed by atoms with E-state index in [1.165, 1.54) is 17.5 Å². The van der Waals surface area contributed by atoms with Crippen LogP contribution in [-0.4, -0.2) is 6.54 Å². The van der Waals surface area contributed by atoms with Crippen LogP contribution < -0.4 is 5.32 Å². The van der Waals surface area contributed by atoms with E-state index >= 15 is 0 Å². The van der Waals surface area contributed by atoms with Crippen LogP contribution in [0.4, 0.5) is 0 Å². The van der Waals surface area contributed by atoms with Crippen molar-refractivity contribution in [2.24, 2.45) is 0 Å². The third-order valence-electron chi connectivity index (χ3n) is 3.19. The van der Waals surface area contributed by atoms with E-state index in [9.17, 15) is 0 Å². The summed E-state index contributed by atoms with van der Waals surface area (Å²) in [5.41, 5.74) is 3.16. The van der Waals surface area contributed by atoms with E-state index in [0.29, 0.717) is 6.04 Å². The molecule has 1 aromatic rings. The second-order valence-electron chi connectivity index (χ2n) is 5.75. The molecule has 0 aliphatic carbocycles. The maximum Gasteiger partial charge on any atom is 0.0320 e. The zero-order chi connectivity index (χ0) is 12.9. The third kappa shape index (κ3) is 3.85. The van der Waals surface area contributed by atoms with Crippen LogP contribution in [0.3, 0.4) is 0 Å². The zero-order valence-corrected chi connectivity index (χ0v) is 12.0. The zero-order valence-electron chi connectivity index (χ0n) is 12.0. The molecule has 1 unspecified atom stereocenters. The lowest BCUT2D eigenvalue weighted by molar-refractivity contribution is 0.496. The summed E-state index contributed by atoms with van der Waals surface area (Å²) in [5.74, 6) is 0. The van der Waals surface area contributed by atoms with Crippen molar-refractivity contribution in [3.05, 3.63) is 35.4 Å². The van der Waals surface area contributed by atoms with Crippen LogP contribution in [-0.2, 0) is 5.41 Å². The molecule has 0 saturated heterocycles. The van der Waals surface area contributed by atoms with Gasteiger partial charge in [0, 0.05) is 6.04 Å². The van der Waals surface area contributed by atoms with Crippen molar-refractivity contribution in [3.63, 3.8) is 0 Å². The fourth-order valence-corrected chi connectivity index (χ4v) is 2.28. The van der Waals surface area contributed by atoms with Gasteiger partial charge in [-0.2, -0.15) is 0 Å². The number of hydrogen-bond acceptors (Lipinski definition) is 1. The summed E-state index contributed by atoms with van der Waals surface area (Å²) in [6.45, 7) is 12.4. The van der Waals surface area contributed by atoms with Crippen molar-refractivity contribution < 1.29 is 0 Å². The summed E-state index contributed by atoms with van der Waals surface area (Å²) < 4.78 is 0. The second-order valence-corrected chi connectivity index (χ2v) is 5.75. The van der Waals surface area contributed by atoms with Crippen molar-refractivity contribution in [1.82, 2.24) is 5.32 Å².